The van der Waals surface area contributed by atoms with Crippen molar-refractivity contribution in [3.05, 3.63) is 35.4 Å². The number of rotatable bonds is 3. The number of benzene rings is 1. The van der Waals surface area contributed by atoms with E-state index in [0.29, 0.717) is 0 Å². The van der Waals surface area contributed by atoms with Gasteiger partial charge in [0.1, 0.15) is 0 Å². The Bertz CT molecular complexity index is 338. The van der Waals surface area contributed by atoms with E-state index in [1.54, 1.807) is 0 Å². The molecule has 0 aliphatic heterocycles. The van der Waals surface area contributed by atoms with Crippen LogP contribution in [0.4, 0.5) is 0 Å². The number of nitrogens with zero attached hydrogens (tertiary/aromatic N) is 1. The Morgan fingerprint density at radius 2 is 2.07 bits per heavy atom. The first kappa shape index (κ1) is 11.1. The summed E-state index contributed by atoms with van der Waals surface area (Å²) in [5, 5.41) is 8.93. The minimum Gasteiger partial charge on any atom is -0.198 e. The standard InChI is InChI=1S/C12H14ClN/c1-3-10(8-14)12-6-4-5-11(7-12)9(2)13/h4-7,9-10H,3H2,1-2H3. The highest BCUT2D eigenvalue weighted by Gasteiger charge is 2.09. The molecule has 0 N–H and O–H groups in total. The van der Waals surface area contributed by atoms with Gasteiger partial charge in [0.15, 0.2) is 0 Å². The Balaban J connectivity index is 3.00. The molecule has 0 aromatic heterocycles. The average molecular weight is 208 g/mol. The topological polar surface area (TPSA) is 23.8 Å². The lowest BCUT2D eigenvalue weighted by Crippen LogP contribution is -1.95. The van der Waals surface area contributed by atoms with E-state index in [-0.39, 0.29) is 11.3 Å². The molecule has 0 bridgehead atoms. The van der Waals surface area contributed by atoms with Gasteiger partial charge in [0, 0.05) is 0 Å². The fourth-order valence-electron chi connectivity index (χ4n) is 1.42. The molecule has 0 heterocycles. The summed E-state index contributed by atoms with van der Waals surface area (Å²) in [6.07, 6.45) is 0.844. The van der Waals surface area contributed by atoms with Gasteiger partial charge in [-0.15, -0.1) is 11.6 Å². The average Bonchev–Trinajstić information content (AvgIpc) is 2.20. The molecule has 1 nitrogen and oxygen atoms in total. The van der Waals surface area contributed by atoms with Crippen LogP contribution in [-0.2, 0) is 0 Å². The zero-order valence-electron chi connectivity index (χ0n) is 8.50. The molecule has 2 heteroatoms. The van der Waals surface area contributed by atoms with Crippen LogP contribution in [0, 0.1) is 11.3 Å². The third-order valence-corrected chi connectivity index (χ3v) is 2.59. The molecule has 2 unspecified atom stereocenters. The van der Waals surface area contributed by atoms with Crippen molar-refractivity contribution >= 4 is 11.6 Å². The lowest BCUT2D eigenvalue weighted by Gasteiger charge is -2.09. The SMILES string of the molecule is CCC(C#N)c1cccc(C(C)Cl)c1. The maximum absolute atomic E-state index is 8.93. The fraction of sp³-hybridized carbons (Fsp3) is 0.417. The Morgan fingerprint density at radius 3 is 2.57 bits per heavy atom. The molecule has 0 aliphatic rings. The van der Waals surface area contributed by atoms with Crippen molar-refractivity contribution in [3.63, 3.8) is 0 Å². The number of hydrogen-bond acceptors (Lipinski definition) is 1. The Kier molecular flexibility index (Phi) is 3.98. The molecule has 1 rings (SSSR count). The predicted octanol–water partition coefficient (Wildman–Crippen LogP) is 4.00. The number of halogens is 1. The molecule has 0 saturated carbocycles. The third-order valence-electron chi connectivity index (χ3n) is 2.34. The van der Waals surface area contributed by atoms with Crippen LogP contribution in [-0.4, -0.2) is 0 Å². The molecule has 0 saturated heterocycles. The summed E-state index contributed by atoms with van der Waals surface area (Å²) >= 11 is 5.98. The third kappa shape index (κ3) is 2.49. The van der Waals surface area contributed by atoms with Gasteiger partial charge in [0.05, 0.1) is 17.4 Å². The molecule has 1 aromatic rings. The van der Waals surface area contributed by atoms with E-state index in [9.17, 15) is 0 Å². The van der Waals surface area contributed by atoms with E-state index in [1.807, 2.05) is 38.1 Å². The minimum absolute atomic E-state index is 0.00569. The molecule has 0 spiro atoms. The van der Waals surface area contributed by atoms with Crippen LogP contribution in [0.5, 0.6) is 0 Å². The fourth-order valence-corrected chi connectivity index (χ4v) is 1.56. The smallest absolute Gasteiger partial charge is 0.0710 e. The van der Waals surface area contributed by atoms with Crippen LogP contribution in [0.2, 0.25) is 0 Å². The van der Waals surface area contributed by atoms with Crippen molar-refractivity contribution in [1.82, 2.24) is 0 Å². The van der Waals surface area contributed by atoms with Gasteiger partial charge in [-0.3, -0.25) is 0 Å². The van der Waals surface area contributed by atoms with Crippen LogP contribution < -0.4 is 0 Å². The second kappa shape index (κ2) is 5.02. The van der Waals surface area contributed by atoms with Crippen molar-refractivity contribution in [3.8, 4) is 6.07 Å². The summed E-state index contributed by atoms with van der Waals surface area (Å²) < 4.78 is 0. The van der Waals surface area contributed by atoms with Crippen LogP contribution in [0.25, 0.3) is 0 Å². The second-order valence-corrected chi connectivity index (χ2v) is 4.03. The van der Waals surface area contributed by atoms with Crippen molar-refractivity contribution < 1.29 is 0 Å². The van der Waals surface area contributed by atoms with E-state index in [1.165, 1.54) is 0 Å². The van der Waals surface area contributed by atoms with Crippen molar-refractivity contribution in [1.29, 1.82) is 5.26 Å². The summed E-state index contributed by atoms with van der Waals surface area (Å²) in [5.41, 5.74) is 2.15. The molecule has 0 aliphatic carbocycles. The molecule has 74 valence electrons. The second-order valence-electron chi connectivity index (χ2n) is 3.38. The van der Waals surface area contributed by atoms with Gasteiger partial charge in [0.25, 0.3) is 0 Å². The Labute approximate surface area is 90.3 Å². The van der Waals surface area contributed by atoms with Gasteiger partial charge >= 0.3 is 0 Å². The van der Waals surface area contributed by atoms with Crippen molar-refractivity contribution in [2.75, 3.05) is 0 Å². The van der Waals surface area contributed by atoms with E-state index in [0.717, 1.165) is 17.5 Å². The van der Waals surface area contributed by atoms with Gasteiger partial charge in [-0.1, -0.05) is 31.2 Å². The summed E-state index contributed by atoms with van der Waals surface area (Å²) in [6.45, 7) is 3.96. The summed E-state index contributed by atoms with van der Waals surface area (Å²) in [7, 11) is 0. The highest BCUT2D eigenvalue weighted by atomic mass is 35.5. The highest BCUT2D eigenvalue weighted by Crippen LogP contribution is 2.25. The highest BCUT2D eigenvalue weighted by molar-refractivity contribution is 6.20. The van der Waals surface area contributed by atoms with Crippen LogP contribution in [0.3, 0.4) is 0 Å². The normalized spacial score (nSPS) is 14.4. The van der Waals surface area contributed by atoms with Gasteiger partial charge in [0.2, 0.25) is 0 Å². The molecule has 1 aromatic carbocycles. The zero-order valence-corrected chi connectivity index (χ0v) is 9.25. The molecule has 0 amide bonds. The largest absolute Gasteiger partial charge is 0.198 e. The molecular weight excluding hydrogens is 194 g/mol. The van der Waals surface area contributed by atoms with Crippen LogP contribution in [0.1, 0.15) is 42.7 Å². The van der Waals surface area contributed by atoms with Gasteiger partial charge in [-0.05, 0) is 24.5 Å². The van der Waals surface area contributed by atoms with E-state index < -0.39 is 0 Å². The summed E-state index contributed by atoms with van der Waals surface area (Å²) in [5.74, 6) is -0.00892. The predicted molar refractivity (Wildman–Crippen MR) is 59.4 cm³/mol. The minimum atomic E-state index is -0.00892. The lowest BCUT2D eigenvalue weighted by atomic mass is 9.96. The molecule has 2 atom stereocenters. The molecule has 14 heavy (non-hydrogen) atoms. The number of nitriles is 1. The van der Waals surface area contributed by atoms with Crippen LogP contribution in [0.15, 0.2) is 24.3 Å². The first-order chi connectivity index (χ1) is 6.69. The quantitative estimate of drug-likeness (QED) is 0.688. The van der Waals surface area contributed by atoms with Gasteiger partial charge in [-0.25, -0.2) is 0 Å². The lowest BCUT2D eigenvalue weighted by molar-refractivity contribution is 0.815. The first-order valence-corrected chi connectivity index (χ1v) is 5.26. The molecule has 0 radical (unpaired) electrons. The zero-order chi connectivity index (χ0) is 10.6. The van der Waals surface area contributed by atoms with Crippen molar-refractivity contribution in [2.45, 2.75) is 31.6 Å². The van der Waals surface area contributed by atoms with Crippen LogP contribution >= 0.6 is 11.6 Å². The van der Waals surface area contributed by atoms with Gasteiger partial charge in [-0.2, -0.15) is 5.26 Å². The maximum atomic E-state index is 8.93. The van der Waals surface area contributed by atoms with E-state index in [2.05, 4.69) is 6.07 Å². The maximum Gasteiger partial charge on any atom is 0.0710 e. The summed E-state index contributed by atoms with van der Waals surface area (Å²) in [4.78, 5) is 0. The molecular formula is C12H14ClN. The van der Waals surface area contributed by atoms with E-state index in [4.69, 9.17) is 16.9 Å². The van der Waals surface area contributed by atoms with Crippen molar-refractivity contribution in [2.24, 2.45) is 0 Å². The number of hydrogen-bond donors (Lipinski definition) is 0. The monoisotopic (exact) mass is 207 g/mol. The summed E-state index contributed by atoms with van der Waals surface area (Å²) in [6, 6.07) is 10.3. The Hall–Kier alpha value is -1.00. The molecule has 0 fully saturated rings. The van der Waals surface area contributed by atoms with Gasteiger partial charge < -0.3 is 0 Å². The van der Waals surface area contributed by atoms with E-state index >= 15 is 0 Å². The Morgan fingerprint density at radius 1 is 1.43 bits per heavy atom. The number of alkyl halides is 1. The first-order valence-electron chi connectivity index (χ1n) is 4.82.